The van der Waals surface area contributed by atoms with E-state index < -0.39 is 0 Å². The van der Waals surface area contributed by atoms with Crippen molar-refractivity contribution in [2.75, 3.05) is 5.73 Å². The lowest BCUT2D eigenvalue weighted by Crippen LogP contribution is -2.02. The minimum atomic E-state index is 0.293. The third kappa shape index (κ3) is 1.35. The molecule has 0 aliphatic carbocycles. The molecule has 0 unspecified atom stereocenters. The Morgan fingerprint density at radius 2 is 2.31 bits per heavy atom. The second-order valence-electron chi connectivity index (χ2n) is 2.67. The highest BCUT2D eigenvalue weighted by molar-refractivity contribution is 5.36. The predicted molar refractivity (Wildman–Crippen MR) is 48.3 cm³/mol. The number of aromatic nitrogens is 4. The van der Waals surface area contributed by atoms with Crippen LogP contribution in [0, 0.1) is 6.92 Å². The van der Waals surface area contributed by atoms with Gasteiger partial charge >= 0.3 is 0 Å². The number of hydrogen-bond acceptors (Lipinski definition) is 4. The van der Waals surface area contributed by atoms with Gasteiger partial charge in [-0.25, -0.2) is 15.0 Å². The smallest absolute Gasteiger partial charge is 0.220 e. The molecule has 0 spiro atoms. The lowest BCUT2D eigenvalue weighted by Gasteiger charge is -2.04. The van der Waals surface area contributed by atoms with E-state index in [0.29, 0.717) is 5.95 Å². The Morgan fingerprint density at radius 3 is 2.92 bits per heavy atom. The summed E-state index contributed by atoms with van der Waals surface area (Å²) in [7, 11) is 0. The fourth-order valence-corrected chi connectivity index (χ4v) is 1.13. The van der Waals surface area contributed by atoms with Crippen LogP contribution in [0.4, 0.5) is 5.95 Å². The fraction of sp³-hybridized carbons (Fsp3) is 0.125. The molecule has 13 heavy (non-hydrogen) atoms. The van der Waals surface area contributed by atoms with Gasteiger partial charge in [0.15, 0.2) is 0 Å². The van der Waals surface area contributed by atoms with Gasteiger partial charge in [-0.05, 0) is 6.92 Å². The first-order chi connectivity index (χ1) is 6.27. The van der Waals surface area contributed by atoms with Crippen LogP contribution in [0.5, 0.6) is 0 Å². The lowest BCUT2D eigenvalue weighted by molar-refractivity contribution is 0.980. The van der Waals surface area contributed by atoms with Crippen molar-refractivity contribution in [3.05, 3.63) is 30.6 Å². The molecule has 0 bridgehead atoms. The molecular weight excluding hydrogens is 166 g/mol. The van der Waals surface area contributed by atoms with E-state index in [1.165, 1.54) is 0 Å². The van der Waals surface area contributed by atoms with Gasteiger partial charge in [0, 0.05) is 12.4 Å². The normalized spacial score (nSPS) is 10.2. The van der Waals surface area contributed by atoms with Crippen molar-refractivity contribution in [3.63, 3.8) is 0 Å². The van der Waals surface area contributed by atoms with Crippen LogP contribution in [-0.2, 0) is 0 Å². The van der Waals surface area contributed by atoms with Crippen molar-refractivity contribution < 1.29 is 0 Å². The van der Waals surface area contributed by atoms with Crippen LogP contribution in [0.3, 0.4) is 0 Å². The summed E-state index contributed by atoms with van der Waals surface area (Å²) in [5.74, 6) is 0.293. The first-order valence-electron chi connectivity index (χ1n) is 3.85. The van der Waals surface area contributed by atoms with Crippen molar-refractivity contribution in [2.45, 2.75) is 6.92 Å². The number of imidazole rings is 1. The number of anilines is 1. The molecule has 0 aliphatic rings. The SMILES string of the molecule is Cc1nc(N)ncc1-n1ccnc1. The largest absolute Gasteiger partial charge is 0.368 e. The van der Waals surface area contributed by atoms with Gasteiger partial charge in [0.05, 0.1) is 23.9 Å². The van der Waals surface area contributed by atoms with Gasteiger partial charge in [-0.1, -0.05) is 0 Å². The van der Waals surface area contributed by atoms with E-state index in [4.69, 9.17) is 5.73 Å². The molecular formula is C8H9N5. The highest BCUT2D eigenvalue weighted by atomic mass is 15.1. The van der Waals surface area contributed by atoms with E-state index >= 15 is 0 Å². The van der Waals surface area contributed by atoms with Gasteiger partial charge in [0.1, 0.15) is 0 Å². The highest BCUT2D eigenvalue weighted by Crippen LogP contribution is 2.09. The van der Waals surface area contributed by atoms with Crippen LogP contribution in [0.2, 0.25) is 0 Å². The van der Waals surface area contributed by atoms with Gasteiger partial charge in [-0.15, -0.1) is 0 Å². The summed E-state index contributed by atoms with van der Waals surface area (Å²) in [5, 5.41) is 0. The Labute approximate surface area is 75.3 Å². The zero-order chi connectivity index (χ0) is 9.26. The molecule has 2 rings (SSSR count). The molecule has 5 nitrogen and oxygen atoms in total. The lowest BCUT2D eigenvalue weighted by atomic mass is 10.4. The summed E-state index contributed by atoms with van der Waals surface area (Å²) in [4.78, 5) is 11.9. The molecule has 0 saturated carbocycles. The van der Waals surface area contributed by atoms with Crippen molar-refractivity contribution in [1.29, 1.82) is 0 Å². The van der Waals surface area contributed by atoms with Gasteiger partial charge in [0.25, 0.3) is 0 Å². The monoisotopic (exact) mass is 175 g/mol. The molecule has 2 aromatic heterocycles. The van der Waals surface area contributed by atoms with E-state index in [1.807, 2.05) is 17.7 Å². The summed E-state index contributed by atoms with van der Waals surface area (Å²) < 4.78 is 1.84. The minimum absolute atomic E-state index is 0.293. The van der Waals surface area contributed by atoms with E-state index in [0.717, 1.165) is 11.4 Å². The van der Waals surface area contributed by atoms with Crippen LogP contribution in [0.1, 0.15) is 5.69 Å². The zero-order valence-corrected chi connectivity index (χ0v) is 7.18. The second-order valence-corrected chi connectivity index (χ2v) is 2.67. The number of aryl methyl sites for hydroxylation is 1. The van der Waals surface area contributed by atoms with Gasteiger partial charge in [-0.3, -0.25) is 0 Å². The zero-order valence-electron chi connectivity index (χ0n) is 7.18. The average molecular weight is 175 g/mol. The van der Waals surface area contributed by atoms with E-state index in [9.17, 15) is 0 Å². The van der Waals surface area contributed by atoms with Crippen molar-refractivity contribution >= 4 is 5.95 Å². The summed E-state index contributed by atoms with van der Waals surface area (Å²) in [5.41, 5.74) is 7.17. The Hall–Kier alpha value is -1.91. The fourth-order valence-electron chi connectivity index (χ4n) is 1.13. The molecule has 0 amide bonds. The van der Waals surface area contributed by atoms with Crippen LogP contribution in [0.15, 0.2) is 24.9 Å². The number of nitrogen functional groups attached to an aromatic ring is 1. The Balaban J connectivity index is 2.53. The predicted octanol–water partition coefficient (Wildman–Crippen LogP) is 0.553. The number of hydrogen-bond donors (Lipinski definition) is 1. The Bertz CT molecular complexity index is 406. The Morgan fingerprint density at radius 1 is 1.46 bits per heavy atom. The summed E-state index contributed by atoms with van der Waals surface area (Å²) in [6.07, 6.45) is 6.92. The maximum Gasteiger partial charge on any atom is 0.220 e. The molecule has 66 valence electrons. The number of nitrogens with zero attached hydrogens (tertiary/aromatic N) is 4. The van der Waals surface area contributed by atoms with Crippen molar-refractivity contribution in [2.24, 2.45) is 0 Å². The maximum absolute atomic E-state index is 5.43. The van der Waals surface area contributed by atoms with E-state index in [2.05, 4.69) is 15.0 Å². The number of rotatable bonds is 1. The van der Waals surface area contributed by atoms with Gasteiger partial charge in [-0.2, -0.15) is 0 Å². The molecule has 2 N–H and O–H groups in total. The topological polar surface area (TPSA) is 69.6 Å². The first kappa shape index (κ1) is 7.72. The van der Waals surface area contributed by atoms with E-state index in [-0.39, 0.29) is 0 Å². The first-order valence-corrected chi connectivity index (χ1v) is 3.85. The van der Waals surface area contributed by atoms with Crippen LogP contribution >= 0.6 is 0 Å². The molecule has 0 aliphatic heterocycles. The summed E-state index contributed by atoms with van der Waals surface area (Å²) in [6.45, 7) is 1.88. The van der Waals surface area contributed by atoms with Crippen LogP contribution in [-0.4, -0.2) is 19.5 Å². The third-order valence-corrected chi connectivity index (χ3v) is 1.75. The quantitative estimate of drug-likeness (QED) is 0.687. The molecule has 0 saturated heterocycles. The third-order valence-electron chi connectivity index (χ3n) is 1.75. The molecule has 0 atom stereocenters. The summed E-state index contributed by atoms with van der Waals surface area (Å²) in [6, 6.07) is 0. The average Bonchev–Trinajstić information content (AvgIpc) is 2.56. The van der Waals surface area contributed by atoms with Crippen LogP contribution < -0.4 is 5.73 Å². The molecule has 5 heteroatoms. The maximum atomic E-state index is 5.43. The van der Waals surface area contributed by atoms with Crippen LogP contribution in [0.25, 0.3) is 5.69 Å². The standard InChI is InChI=1S/C8H9N5/c1-6-7(4-11-8(9)12-6)13-3-2-10-5-13/h2-5H,1H3,(H2,9,11,12). The number of nitrogens with two attached hydrogens (primary N) is 1. The highest BCUT2D eigenvalue weighted by Gasteiger charge is 2.01. The molecule has 0 aromatic carbocycles. The molecule has 2 aromatic rings. The second kappa shape index (κ2) is 2.85. The minimum Gasteiger partial charge on any atom is -0.368 e. The van der Waals surface area contributed by atoms with Crippen molar-refractivity contribution in [1.82, 2.24) is 19.5 Å². The van der Waals surface area contributed by atoms with E-state index in [1.54, 1.807) is 18.7 Å². The molecule has 0 fully saturated rings. The van der Waals surface area contributed by atoms with Gasteiger partial charge < -0.3 is 10.3 Å². The Kier molecular flexibility index (Phi) is 1.70. The molecule has 2 heterocycles. The van der Waals surface area contributed by atoms with Gasteiger partial charge in [0.2, 0.25) is 5.95 Å². The molecule has 0 radical (unpaired) electrons. The summed E-state index contributed by atoms with van der Waals surface area (Å²) >= 11 is 0. The van der Waals surface area contributed by atoms with Crippen molar-refractivity contribution in [3.8, 4) is 5.69 Å².